The molecule has 0 saturated heterocycles. The number of nitrogens with one attached hydrogen (secondary N) is 1. The Bertz CT molecular complexity index is 472. The quantitative estimate of drug-likeness (QED) is 0.856. The molecule has 1 atom stereocenters. The Hall–Kier alpha value is -1.83. The fraction of sp³-hybridized carbons (Fsp3) is 0.583. The molecule has 0 aliphatic rings. The van der Waals surface area contributed by atoms with Crippen molar-refractivity contribution in [1.82, 2.24) is 9.97 Å². The minimum absolute atomic E-state index is 0.0939. The Morgan fingerprint density at radius 1 is 1.53 bits per heavy atom. The first-order chi connectivity index (χ1) is 7.93. The average molecular weight is 234 g/mol. The summed E-state index contributed by atoms with van der Waals surface area (Å²) < 4.78 is 0. The van der Waals surface area contributed by atoms with E-state index in [2.05, 4.69) is 16.0 Å². The number of anilines is 1. The van der Waals surface area contributed by atoms with E-state index in [4.69, 9.17) is 5.26 Å². The van der Waals surface area contributed by atoms with Crippen molar-refractivity contribution in [3.05, 3.63) is 22.2 Å². The lowest BCUT2D eigenvalue weighted by atomic mass is 10.2. The molecule has 0 amide bonds. The fourth-order valence-corrected chi connectivity index (χ4v) is 1.48. The van der Waals surface area contributed by atoms with Crippen LogP contribution >= 0.6 is 0 Å². The van der Waals surface area contributed by atoms with E-state index in [1.54, 1.807) is 0 Å². The average Bonchev–Trinajstić information content (AvgIpc) is 2.27. The third-order valence-corrected chi connectivity index (χ3v) is 2.45. The summed E-state index contributed by atoms with van der Waals surface area (Å²) in [5, 5.41) is 8.76. The number of rotatable bonds is 4. The highest BCUT2D eigenvalue weighted by atomic mass is 16.1. The monoisotopic (exact) mass is 234 g/mol. The number of hydrogen-bond donors (Lipinski definition) is 1. The first-order valence-corrected chi connectivity index (χ1v) is 5.66. The number of nitriles is 1. The molecule has 0 radical (unpaired) electrons. The van der Waals surface area contributed by atoms with Crippen molar-refractivity contribution in [3.63, 3.8) is 0 Å². The number of aromatic amines is 1. The molecule has 17 heavy (non-hydrogen) atoms. The van der Waals surface area contributed by atoms with E-state index in [1.165, 1.54) is 6.07 Å². The summed E-state index contributed by atoms with van der Waals surface area (Å²) in [4.78, 5) is 20.4. The lowest BCUT2D eigenvalue weighted by Gasteiger charge is -2.19. The minimum atomic E-state index is -0.157. The first-order valence-electron chi connectivity index (χ1n) is 5.66. The van der Waals surface area contributed by atoms with Crippen LogP contribution in [-0.2, 0) is 0 Å². The molecule has 1 aromatic heterocycles. The molecular formula is C12H18N4O. The van der Waals surface area contributed by atoms with Gasteiger partial charge in [-0.1, -0.05) is 13.8 Å². The number of H-pyrrole nitrogens is 1. The lowest BCUT2D eigenvalue weighted by molar-refractivity contribution is 0.697. The smallest absolute Gasteiger partial charge is 0.252 e. The molecule has 0 saturated carbocycles. The highest BCUT2D eigenvalue weighted by molar-refractivity contribution is 5.36. The van der Waals surface area contributed by atoms with E-state index in [0.29, 0.717) is 18.2 Å². The summed E-state index contributed by atoms with van der Waals surface area (Å²) in [7, 11) is 1.83. The fourth-order valence-electron chi connectivity index (χ4n) is 1.48. The van der Waals surface area contributed by atoms with E-state index >= 15 is 0 Å². The SMILES string of the molecule is CC(C#N)CN(C)c1cc(=O)[nH]c(C(C)C)n1. The van der Waals surface area contributed by atoms with E-state index in [9.17, 15) is 4.79 Å². The van der Waals surface area contributed by atoms with Gasteiger partial charge in [0.05, 0.1) is 12.0 Å². The van der Waals surface area contributed by atoms with Crippen molar-refractivity contribution in [2.75, 3.05) is 18.5 Å². The molecule has 1 rings (SSSR count). The van der Waals surface area contributed by atoms with Gasteiger partial charge in [0.2, 0.25) is 0 Å². The summed E-state index contributed by atoms with van der Waals surface area (Å²) in [6, 6.07) is 3.62. The standard InChI is InChI=1S/C12H18N4O/c1-8(2)12-14-10(5-11(17)15-12)16(4)7-9(3)6-13/h5,8-9H,7H2,1-4H3,(H,14,15,17). The minimum Gasteiger partial charge on any atom is -0.358 e. The summed E-state index contributed by atoms with van der Waals surface area (Å²) in [6.45, 7) is 6.34. The third kappa shape index (κ3) is 3.59. The predicted molar refractivity (Wildman–Crippen MR) is 67.0 cm³/mol. The van der Waals surface area contributed by atoms with Crippen molar-refractivity contribution < 1.29 is 0 Å². The highest BCUT2D eigenvalue weighted by Crippen LogP contribution is 2.12. The van der Waals surface area contributed by atoms with Gasteiger partial charge in [-0.15, -0.1) is 0 Å². The van der Waals surface area contributed by atoms with Crippen LogP contribution in [0.25, 0.3) is 0 Å². The molecule has 0 aliphatic heterocycles. The predicted octanol–water partition coefficient (Wildman–Crippen LogP) is 1.49. The summed E-state index contributed by atoms with van der Waals surface area (Å²) in [5.41, 5.74) is -0.157. The largest absolute Gasteiger partial charge is 0.358 e. The van der Waals surface area contributed by atoms with E-state index in [-0.39, 0.29) is 17.4 Å². The van der Waals surface area contributed by atoms with Gasteiger partial charge in [0.15, 0.2) is 0 Å². The van der Waals surface area contributed by atoms with Gasteiger partial charge in [-0.05, 0) is 6.92 Å². The maximum absolute atomic E-state index is 11.5. The maximum atomic E-state index is 11.5. The first kappa shape index (κ1) is 13.2. The van der Waals surface area contributed by atoms with Gasteiger partial charge in [0.1, 0.15) is 11.6 Å². The third-order valence-electron chi connectivity index (χ3n) is 2.45. The molecule has 5 nitrogen and oxygen atoms in total. The van der Waals surface area contributed by atoms with Gasteiger partial charge in [0, 0.05) is 25.6 Å². The molecule has 1 N–H and O–H groups in total. The number of aromatic nitrogens is 2. The van der Waals surface area contributed by atoms with Crippen LogP contribution in [0, 0.1) is 17.2 Å². The lowest BCUT2D eigenvalue weighted by Crippen LogP contribution is -2.26. The number of nitrogens with zero attached hydrogens (tertiary/aromatic N) is 3. The van der Waals surface area contributed by atoms with E-state index in [1.807, 2.05) is 32.7 Å². The van der Waals surface area contributed by atoms with Gasteiger partial charge >= 0.3 is 0 Å². The van der Waals surface area contributed by atoms with Crippen LogP contribution in [0.15, 0.2) is 10.9 Å². The topological polar surface area (TPSA) is 72.8 Å². The molecule has 0 bridgehead atoms. The summed E-state index contributed by atoms with van der Waals surface area (Å²) in [5.74, 6) is 1.36. The van der Waals surface area contributed by atoms with Crippen LogP contribution in [0.4, 0.5) is 5.82 Å². The van der Waals surface area contributed by atoms with Gasteiger partial charge < -0.3 is 9.88 Å². The molecule has 0 aliphatic carbocycles. The van der Waals surface area contributed by atoms with Crippen molar-refractivity contribution >= 4 is 5.82 Å². The van der Waals surface area contributed by atoms with E-state index < -0.39 is 0 Å². The Balaban J connectivity index is 2.98. The molecule has 92 valence electrons. The maximum Gasteiger partial charge on any atom is 0.252 e. The molecule has 0 fully saturated rings. The van der Waals surface area contributed by atoms with E-state index in [0.717, 1.165) is 0 Å². The van der Waals surface area contributed by atoms with Gasteiger partial charge in [-0.2, -0.15) is 5.26 Å². The van der Waals surface area contributed by atoms with Crippen LogP contribution in [0.2, 0.25) is 0 Å². The van der Waals surface area contributed by atoms with Crippen LogP contribution in [0.1, 0.15) is 32.5 Å². The second-order valence-electron chi connectivity index (χ2n) is 4.55. The van der Waals surface area contributed by atoms with Crippen molar-refractivity contribution in [2.24, 2.45) is 5.92 Å². The number of hydrogen-bond acceptors (Lipinski definition) is 4. The summed E-state index contributed by atoms with van der Waals surface area (Å²) >= 11 is 0. The Labute approximate surface area is 101 Å². The zero-order valence-corrected chi connectivity index (χ0v) is 10.7. The van der Waals surface area contributed by atoms with Crippen LogP contribution < -0.4 is 10.5 Å². The molecule has 1 aromatic rings. The van der Waals surface area contributed by atoms with Gasteiger partial charge in [-0.25, -0.2) is 4.98 Å². The molecule has 1 heterocycles. The Morgan fingerprint density at radius 3 is 2.71 bits per heavy atom. The summed E-state index contributed by atoms with van der Waals surface area (Å²) in [6.07, 6.45) is 0. The molecule has 1 unspecified atom stereocenters. The van der Waals surface area contributed by atoms with Crippen LogP contribution in [-0.4, -0.2) is 23.6 Å². The molecule has 0 aromatic carbocycles. The van der Waals surface area contributed by atoms with Crippen LogP contribution in [0.3, 0.4) is 0 Å². The Kier molecular flexibility index (Phi) is 4.27. The van der Waals surface area contributed by atoms with Crippen molar-refractivity contribution in [1.29, 1.82) is 5.26 Å². The zero-order valence-electron chi connectivity index (χ0n) is 10.7. The zero-order chi connectivity index (χ0) is 13.0. The highest BCUT2D eigenvalue weighted by Gasteiger charge is 2.11. The van der Waals surface area contributed by atoms with Gasteiger partial charge in [0.25, 0.3) is 5.56 Å². The van der Waals surface area contributed by atoms with Crippen molar-refractivity contribution in [3.8, 4) is 6.07 Å². The second-order valence-corrected chi connectivity index (χ2v) is 4.55. The van der Waals surface area contributed by atoms with Gasteiger partial charge in [-0.3, -0.25) is 4.79 Å². The van der Waals surface area contributed by atoms with Crippen molar-refractivity contribution in [2.45, 2.75) is 26.7 Å². The second kappa shape index (κ2) is 5.48. The normalized spacial score (nSPS) is 12.2. The molecular weight excluding hydrogens is 216 g/mol. The molecule has 0 spiro atoms. The van der Waals surface area contributed by atoms with Crippen LogP contribution in [0.5, 0.6) is 0 Å². The Morgan fingerprint density at radius 2 is 2.18 bits per heavy atom. The molecule has 5 heteroatoms.